The first-order valence-electron chi connectivity index (χ1n) is 4.30. The average molecular weight is 155 g/mol. The van der Waals surface area contributed by atoms with Gasteiger partial charge >= 0.3 is 0 Å². The molecular weight excluding hydrogens is 137 g/mol. The third-order valence-corrected chi connectivity index (χ3v) is 1.62. The highest BCUT2D eigenvalue weighted by atomic mass is 16.5. The Bertz CT molecular complexity index is 80.5. The second-order valence-electron chi connectivity index (χ2n) is 2.67. The lowest BCUT2D eigenvalue weighted by molar-refractivity contribution is 0.159. The van der Waals surface area contributed by atoms with Crippen molar-refractivity contribution in [3.05, 3.63) is 0 Å². The molecule has 0 bridgehead atoms. The number of unbranched alkanes of at least 4 members (excludes halogenated alkanes) is 1. The first-order valence-corrected chi connectivity index (χ1v) is 4.30. The van der Waals surface area contributed by atoms with Crippen molar-refractivity contribution in [3.8, 4) is 0 Å². The van der Waals surface area contributed by atoms with E-state index in [4.69, 9.17) is 12.6 Å². The van der Waals surface area contributed by atoms with Gasteiger partial charge in [-0.2, -0.15) is 0 Å². The van der Waals surface area contributed by atoms with Gasteiger partial charge in [0.1, 0.15) is 7.85 Å². The zero-order valence-corrected chi connectivity index (χ0v) is 7.60. The summed E-state index contributed by atoms with van der Waals surface area (Å²) in [6, 6.07) is -0.107. The fourth-order valence-electron chi connectivity index (χ4n) is 0.789. The van der Waals surface area contributed by atoms with E-state index in [1.54, 1.807) is 7.11 Å². The molecule has 0 amide bonds. The summed E-state index contributed by atoms with van der Waals surface area (Å²) in [6.45, 7) is 4.23. The summed E-state index contributed by atoms with van der Waals surface area (Å²) in [5.41, 5.74) is 0. The minimum absolute atomic E-state index is 0.107. The molecule has 1 unspecified atom stereocenters. The Kier molecular flexibility index (Phi) is 8.07. The van der Waals surface area contributed by atoms with E-state index in [0.717, 1.165) is 19.5 Å². The van der Waals surface area contributed by atoms with Crippen molar-refractivity contribution >= 4 is 7.85 Å². The molecule has 0 aromatic carbocycles. The molecule has 2 radical (unpaired) electrons. The molecule has 11 heavy (non-hydrogen) atoms. The van der Waals surface area contributed by atoms with Gasteiger partial charge in [0.15, 0.2) is 0 Å². The van der Waals surface area contributed by atoms with Crippen LogP contribution in [-0.2, 0) is 4.74 Å². The topological polar surface area (TPSA) is 21.3 Å². The molecule has 2 nitrogen and oxygen atoms in total. The first kappa shape index (κ1) is 11.0. The number of hydrogen-bond donors (Lipinski definition) is 1. The molecule has 0 aromatic heterocycles. The molecule has 0 heterocycles. The van der Waals surface area contributed by atoms with Gasteiger partial charge < -0.3 is 10.1 Å². The van der Waals surface area contributed by atoms with Gasteiger partial charge in [-0.3, -0.25) is 0 Å². The van der Waals surface area contributed by atoms with Crippen molar-refractivity contribution in [1.82, 2.24) is 5.32 Å². The molecule has 64 valence electrons. The maximum atomic E-state index is 5.53. The molecule has 0 aliphatic heterocycles. The van der Waals surface area contributed by atoms with Gasteiger partial charge in [-0.1, -0.05) is 13.3 Å². The zero-order valence-electron chi connectivity index (χ0n) is 7.60. The van der Waals surface area contributed by atoms with Gasteiger partial charge in [0.05, 0.1) is 0 Å². The standard InChI is InChI=1S/C8H18BNO/c1-3-4-6-10-7-5-8(9)11-2/h8,10H,3-7H2,1-2H3. The maximum absolute atomic E-state index is 5.53. The van der Waals surface area contributed by atoms with Gasteiger partial charge in [0, 0.05) is 13.1 Å². The van der Waals surface area contributed by atoms with Gasteiger partial charge in [0.25, 0.3) is 0 Å². The normalized spacial score (nSPS) is 13.3. The number of nitrogens with one attached hydrogen (secondary N) is 1. The number of ether oxygens (including phenoxy) is 1. The van der Waals surface area contributed by atoms with Crippen LogP contribution in [0.2, 0.25) is 0 Å². The van der Waals surface area contributed by atoms with Crippen molar-refractivity contribution in [2.45, 2.75) is 32.2 Å². The first-order chi connectivity index (χ1) is 5.31. The summed E-state index contributed by atoms with van der Waals surface area (Å²) in [7, 11) is 7.16. The Morgan fingerprint density at radius 1 is 1.45 bits per heavy atom. The smallest absolute Gasteiger partial charge is 0.109 e. The van der Waals surface area contributed by atoms with Crippen LogP contribution in [0.5, 0.6) is 0 Å². The molecule has 1 atom stereocenters. The lowest BCUT2D eigenvalue weighted by atomic mass is 9.97. The van der Waals surface area contributed by atoms with Crippen molar-refractivity contribution in [2.24, 2.45) is 0 Å². The van der Waals surface area contributed by atoms with Gasteiger partial charge in [-0.25, -0.2) is 0 Å². The second kappa shape index (κ2) is 8.09. The van der Waals surface area contributed by atoms with Gasteiger partial charge in [0.2, 0.25) is 0 Å². The van der Waals surface area contributed by atoms with E-state index in [9.17, 15) is 0 Å². The lowest BCUT2D eigenvalue weighted by Crippen LogP contribution is -2.22. The third-order valence-electron chi connectivity index (χ3n) is 1.62. The highest BCUT2D eigenvalue weighted by molar-refractivity contribution is 6.10. The molecule has 0 rings (SSSR count). The molecule has 0 aliphatic rings. The maximum Gasteiger partial charge on any atom is 0.109 e. The van der Waals surface area contributed by atoms with Crippen molar-refractivity contribution in [3.63, 3.8) is 0 Å². The molecule has 0 spiro atoms. The van der Waals surface area contributed by atoms with Crippen LogP contribution >= 0.6 is 0 Å². The summed E-state index contributed by atoms with van der Waals surface area (Å²) in [6.07, 6.45) is 3.37. The largest absolute Gasteiger partial charge is 0.391 e. The zero-order chi connectivity index (χ0) is 8.53. The number of methoxy groups -OCH3 is 1. The molecule has 0 saturated carbocycles. The molecule has 0 aliphatic carbocycles. The van der Waals surface area contributed by atoms with Crippen LogP contribution in [-0.4, -0.2) is 34.0 Å². The van der Waals surface area contributed by atoms with Crippen LogP contribution in [0.3, 0.4) is 0 Å². The van der Waals surface area contributed by atoms with E-state index < -0.39 is 0 Å². The van der Waals surface area contributed by atoms with Gasteiger partial charge in [-0.05, 0) is 25.9 Å². The number of rotatable bonds is 7. The molecule has 0 aromatic rings. The van der Waals surface area contributed by atoms with E-state index in [1.165, 1.54) is 12.8 Å². The highest BCUT2D eigenvalue weighted by Gasteiger charge is 1.96. The quantitative estimate of drug-likeness (QED) is 0.435. The minimum Gasteiger partial charge on any atom is -0.391 e. The SMILES string of the molecule is [B]C(CCNCCCC)OC. The van der Waals surface area contributed by atoms with Crippen LogP contribution in [0.1, 0.15) is 26.2 Å². The van der Waals surface area contributed by atoms with Crippen LogP contribution < -0.4 is 5.32 Å². The van der Waals surface area contributed by atoms with Crippen molar-refractivity contribution < 1.29 is 4.74 Å². The highest BCUT2D eigenvalue weighted by Crippen LogP contribution is 1.89. The predicted molar refractivity (Wildman–Crippen MR) is 48.9 cm³/mol. The van der Waals surface area contributed by atoms with E-state index >= 15 is 0 Å². The fourth-order valence-corrected chi connectivity index (χ4v) is 0.789. The second-order valence-corrected chi connectivity index (χ2v) is 2.67. The van der Waals surface area contributed by atoms with Crippen LogP contribution in [0.4, 0.5) is 0 Å². The third kappa shape index (κ3) is 7.89. The van der Waals surface area contributed by atoms with Crippen molar-refractivity contribution in [2.75, 3.05) is 20.2 Å². The fraction of sp³-hybridized carbons (Fsp3) is 1.00. The average Bonchev–Trinajstić information content (AvgIpc) is 2.04. The minimum atomic E-state index is -0.107. The Morgan fingerprint density at radius 2 is 2.18 bits per heavy atom. The summed E-state index contributed by atoms with van der Waals surface area (Å²) in [5, 5.41) is 3.29. The Hall–Kier alpha value is -0.0151. The molecule has 1 N–H and O–H groups in total. The predicted octanol–water partition coefficient (Wildman–Crippen LogP) is 0.907. The molecule has 3 heteroatoms. The van der Waals surface area contributed by atoms with Gasteiger partial charge in [-0.15, -0.1) is 0 Å². The van der Waals surface area contributed by atoms with Crippen LogP contribution in [0.15, 0.2) is 0 Å². The molecule has 0 saturated heterocycles. The summed E-state index contributed by atoms with van der Waals surface area (Å²) < 4.78 is 4.89. The summed E-state index contributed by atoms with van der Waals surface area (Å²) in [5.74, 6) is 0. The summed E-state index contributed by atoms with van der Waals surface area (Å²) in [4.78, 5) is 0. The molecular formula is C8H18BNO. The molecule has 0 fully saturated rings. The Balaban J connectivity index is 2.89. The van der Waals surface area contributed by atoms with E-state index in [-0.39, 0.29) is 6.00 Å². The number of hydrogen-bond acceptors (Lipinski definition) is 2. The van der Waals surface area contributed by atoms with Crippen molar-refractivity contribution in [1.29, 1.82) is 0 Å². The summed E-state index contributed by atoms with van der Waals surface area (Å²) >= 11 is 0. The van der Waals surface area contributed by atoms with E-state index in [1.807, 2.05) is 0 Å². The monoisotopic (exact) mass is 155 g/mol. The van der Waals surface area contributed by atoms with Crippen LogP contribution in [0.25, 0.3) is 0 Å². The van der Waals surface area contributed by atoms with E-state index in [2.05, 4.69) is 12.2 Å². The van der Waals surface area contributed by atoms with Crippen LogP contribution in [0, 0.1) is 0 Å². The van der Waals surface area contributed by atoms with E-state index in [0.29, 0.717) is 0 Å². The lowest BCUT2D eigenvalue weighted by Gasteiger charge is -2.09. The Morgan fingerprint density at radius 3 is 2.73 bits per heavy atom. The Labute approximate surface area is 71.1 Å².